The standard InChI is InChI=1S/C15H21N3O3/c1-10(2)15(6-7-16-9-15)14(19)17-12-8-11(3)4-5-13(12)18(20)21/h4-5,8,10,16H,6-7,9H2,1-3H3,(H,17,19). The maximum atomic E-state index is 12.7. The van der Waals surface area contributed by atoms with E-state index in [4.69, 9.17) is 0 Å². The molecule has 0 aromatic heterocycles. The lowest BCUT2D eigenvalue weighted by molar-refractivity contribution is -0.383. The number of carbonyl (C=O) groups is 1. The highest BCUT2D eigenvalue weighted by Crippen LogP contribution is 2.36. The smallest absolute Gasteiger partial charge is 0.292 e. The van der Waals surface area contributed by atoms with Crippen LogP contribution in [0.1, 0.15) is 25.8 Å². The molecule has 0 aliphatic carbocycles. The average Bonchev–Trinajstić information content (AvgIpc) is 2.88. The number of aryl methyl sites for hydroxylation is 1. The van der Waals surface area contributed by atoms with E-state index in [1.165, 1.54) is 6.07 Å². The quantitative estimate of drug-likeness (QED) is 0.659. The fourth-order valence-electron chi connectivity index (χ4n) is 2.82. The highest BCUT2D eigenvalue weighted by atomic mass is 16.6. The number of benzene rings is 1. The summed E-state index contributed by atoms with van der Waals surface area (Å²) in [5.74, 6) is 0.0209. The summed E-state index contributed by atoms with van der Waals surface area (Å²) < 4.78 is 0. The molecule has 1 unspecified atom stereocenters. The lowest BCUT2D eigenvalue weighted by atomic mass is 9.75. The molecule has 1 aromatic carbocycles. The van der Waals surface area contributed by atoms with Crippen molar-refractivity contribution >= 4 is 17.3 Å². The first-order valence-corrected chi connectivity index (χ1v) is 7.14. The zero-order chi connectivity index (χ0) is 15.6. The molecule has 1 aliphatic heterocycles. The van der Waals surface area contributed by atoms with Crippen LogP contribution >= 0.6 is 0 Å². The number of nitrogens with one attached hydrogen (secondary N) is 2. The summed E-state index contributed by atoms with van der Waals surface area (Å²) in [5.41, 5.74) is 0.576. The first-order chi connectivity index (χ1) is 9.86. The average molecular weight is 291 g/mol. The number of nitrogens with zero attached hydrogens (tertiary/aromatic N) is 1. The number of carbonyl (C=O) groups excluding carboxylic acids is 1. The molecule has 1 amide bonds. The van der Waals surface area contributed by atoms with Crippen molar-refractivity contribution in [2.45, 2.75) is 27.2 Å². The van der Waals surface area contributed by atoms with Crippen LogP contribution in [0.25, 0.3) is 0 Å². The first-order valence-electron chi connectivity index (χ1n) is 7.14. The Morgan fingerprint density at radius 2 is 2.19 bits per heavy atom. The Morgan fingerprint density at radius 1 is 1.48 bits per heavy atom. The second-order valence-corrected chi connectivity index (χ2v) is 5.97. The van der Waals surface area contributed by atoms with Crippen molar-refractivity contribution in [2.75, 3.05) is 18.4 Å². The second kappa shape index (κ2) is 5.81. The molecule has 1 saturated heterocycles. The lowest BCUT2D eigenvalue weighted by Gasteiger charge is -2.31. The van der Waals surface area contributed by atoms with E-state index in [0.29, 0.717) is 6.54 Å². The van der Waals surface area contributed by atoms with Crippen LogP contribution in [-0.2, 0) is 4.79 Å². The SMILES string of the molecule is Cc1ccc([N+](=O)[O-])c(NC(=O)C2(C(C)C)CCNC2)c1. The van der Waals surface area contributed by atoms with Gasteiger partial charge in [-0.2, -0.15) is 0 Å². The van der Waals surface area contributed by atoms with Crippen LogP contribution < -0.4 is 10.6 Å². The number of hydrogen-bond acceptors (Lipinski definition) is 4. The molecule has 0 spiro atoms. The lowest BCUT2D eigenvalue weighted by Crippen LogP contribution is -2.42. The summed E-state index contributed by atoms with van der Waals surface area (Å²) in [6.07, 6.45) is 0.746. The molecule has 0 saturated carbocycles. The largest absolute Gasteiger partial charge is 0.320 e. The number of hydrogen-bond donors (Lipinski definition) is 2. The third-order valence-electron chi connectivity index (χ3n) is 4.34. The maximum absolute atomic E-state index is 12.7. The van der Waals surface area contributed by atoms with Gasteiger partial charge in [-0.1, -0.05) is 19.9 Å². The summed E-state index contributed by atoms with van der Waals surface area (Å²) in [6.45, 7) is 7.26. The van der Waals surface area contributed by atoms with Crippen LogP contribution in [-0.4, -0.2) is 23.9 Å². The van der Waals surface area contributed by atoms with E-state index in [1.54, 1.807) is 12.1 Å². The minimum atomic E-state index is -0.502. The number of amides is 1. The molecule has 1 atom stereocenters. The van der Waals surface area contributed by atoms with Gasteiger partial charge >= 0.3 is 0 Å². The fraction of sp³-hybridized carbons (Fsp3) is 0.533. The van der Waals surface area contributed by atoms with Crippen molar-refractivity contribution < 1.29 is 9.72 Å². The summed E-state index contributed by atoms with van der Waals surface area (Å²) in [4.78, 5) is 23.3. The third-order valence-corrected chi connectivity index (χ3v) is 4.34. The molecule has 1 aliphatic rings. The second-order valence-electron chi connectivity index (χ2n) is 5.97. The van der Waals surface area contributed by atoms with Gasteiger partial charge in [-0.15, -0.1) is 0 Å². The Hall–Kier alpha value is -1.95. The zero-order valence-electron chi connectivity index (χ0n) is 12.6. The summed E-state index contributed by atoms with van der Waals surface area (Å²) in [7, 11) is 0. The van der Waals surface area contributed by atoms with Crippen molar-refractivity contribution in [1.82, 2.24) is 5.32 Å². The Labute approximate surface area is 124 Å². The molecule has 6 heteroatoms. The topological polar surface area (TPSA) is 84.3 Å². The Morgan fingerprint density at radius 3 is 2.71 bits per heavy atom. The molecule has 6 nitrogen and oxygen atoms in total. The van der Waals surface area contributed by atoms with E-state index >= 15 is 0 Å². The molecule has 1 aromatic rings. The zero-order valence-corrected chi connectivity index (χ0v) is 12.6. The van der Waals surface area contributed by atoms with Gasteiger partial charge in [0.25, 0.3) is 5.69 Å². The molecular weight excluding hydrogens is 270 g/mol. The fourth-order valence-corrected chi connectivity index (χ4v) is 2.82. The number of rotatable bonds is 4. The summed E-state index contributed by atoms with van der Waals surface area (Å²) in [6, 6.07) is 4.75. The molecule has 0 bridgehead atoms. The van der Waals surface area contributed by atoms with Crippen LogP contribution in [0.3, 0.4) is 0 Å². The van der Waals surface area contributed by atoms with Crippen LogP contribution in [0, 0.1) is 28.4 Å². The van der Waals surface area contributed by atoms with Crippen LogP contribution in [0.4, 0.5) is 11.4 Å². The number of nitro benzene ring substituents is 1. The van der Waals surface area contributed by atoms with Gasteiger partial charge in [0.05, 0.1) is 10.3 Å². The van der Waals surface area contributed by atoms with E-state index in [1.807, 2.05) is 20.8 Å². The van der Waals surface area contributed by atoms with E-state index in [0.717, 1.165) is 18.5 Å². The van der Waals surface area contributed by atoms with Crippen LogP contribution in [0.5, 0.6) is 0 Å². The number of nitro groups is 1. The van der Waals surface area contributed by atoms with Crippen LogP contribution in [0.15, 0.2) is 18.2 Å². The summed E-state index contributed by atoms with van der Waals surface area (Å²) >= 11 is 0. The molecule has 1 heterocycles. The molecule has 2 N–H and O–H groups in total. The van der Waals surface area contributed by atoms with Crippen molar-refractivity contribution in [2.24, 2.45) is 11.3 Å². The van der Waals surface area contributed by atoms with Crippen molar-refractivity contribution in [3.63, 3.8) is 0 Å². The van der Waals surface area contributed by atoms with Gasteiger partial charge in [-0.05, 0) is 37.4 Å². The maximum Gasteiger partial charge on any atom is 0.292 e. The predicted molar refractivity (Wildman–Crippen MR) is 81.2 cm³/mol. The van der Waals surface area contributed by atoms with Gasteiger partial charge < -0.3 is 10.6 Å². The molecular formula is C15H21N3O3. The Kier molecular flexibility index (Phi) is 4.27. The third kappa shape index (κ3) is 2.90. The molecule has 2 rings (SSSR count). The van der Waals surface area contributed by atoms with Crippen LogP contribution in [0.2, 0.25) is 0 Å². The van der Waals surface area contributed by atoms with Crippen molar-refractivity contribution in [1.29, 1.82) is 0 Å². The first kappa shape index (κ1) is 15.4. The summed E-state index contributed by atoms with van der Waals surface area (Å²) in [5, 5.41) is 17.1. The van der Waals surface area contributed by atoms with Gasteiger partial charge in [-0.25, -0.2) is 0 Å². The highest BCUT2D eigenvalue weighted by Gasteiger charge is 2.44. The minimum Gasteiger partial charge on any atom is -0.320 e. The van der Waals surface area contributed by atoms with Gasteiger partial charge in [-0.3, -0.25) is 14.9 Å². The van der Waals surface area contributed by atoms with Gasteiger partial charge in [0, 0.05) is 12.6 Å². The highest BCUT2D eigenvalue weighted by molar-refractivity contribution is 5.97. The van der Waals surface area contributed by atoms with Crippen molar-refractivity contribution in [3.05, 3.63) is 33.9 Å². The van der Waals surface area contributed by atoms with Gasteiger partial charge in [0.1, 0.15) is 5.69 Å². The molecule has 0 radical (unpaired) electrons. The number of anilines is 1. The minimum absolute atomic E-state index is 0.0705. The monoisotopic (exact) mass is 291 g/mol. The van der Waals surface area contributed by atoms with E-state index < -0.39 is 10.3 Å². The Balaban J connectivity index is 2.31. The Bertz CT molecular complexity index is 563. The molecule has 21 heavy (non-hydrogen) atoms. The normalized spacial score (nSPS) is 21.5. The van der Waals surface area contributed by atoms with Gasteiger partial charge in [0.15, 0.2) is 0 Å². The van der Waals surface area contributed by atoms with Crippen molar-refractivity contribution in [3.8, 4) is 0 Å². The van der Waals surface area contributed by atoms with Gasteiger partial charge in [0.2, 0.25) is 5.91 Å². The van der Waals surface area contributed by atoms with E-state index in [-0.39, 0.29) is 23.2 Å². The van der Waals surface area contributed by atoms with E-state index in [2.05, 4.69) is 10.6 Å². The molecule has 1 fully saturated rings. The van der Waals surface area contributed by atoms with E-state index in [9.17, 15) is 14.9 Å². The predicted octanol–water partition coefficient (Wildman–Crippen LogP) is 2.48. The molecule has 114 valence electrons.